The first-order chi connectivity index (χ1) is 12.0. The molecule has 1 atom stereocenters. The SMILES string of the molecule is C[C@H]1Cc2nc(SCC(=O)N3CCc4ccccc43)n(C)c(=O)c2S1. The Bertz CT molecular complexity index is 910. The second-order valence-electron chi connectivity index (χ2n) is 6.38. The molecule has 2 aliphatic rings. The van der Waals surface area contributed by atoms with Gasteiger partial charge in [0.25, 0.3) is 5.56 Å². The van der Waals surface area contributed by atoms with Gasteiger partial charge in [-0.15, -0.1) is 11.8 Å². The number of carbonyl (C=O) groups excluding carboxylic acids is 1. The summed E-state index contributed by atoms with van der Waals surface area (Å²) in [5.41, 5.74) is 3.10. The van der Waals surface area contributed by atoms with Crippen LogP contribution in [0.15, 0.2) is 39.1 Å². The van der Waals surface area contributed by atoms with E-state index in [-0.39, 0.29) is 17.2 Å². The molecule has 25 heavy (non-hydrogen) atoms. The van der Waals surface area contributed by atoms with Crippen molar-refractivity contribution < 1.29 is 4.79 Å². The Kier molecular flexibility index (Phi) is 4.37. The summed E-state index contributed by atoms with van der Waals surface area (Å²) in [7, 11) is 1.73. The van der Waals surface area contributed by atoms with Crippen molar-refractivity contribution in [1.82, 2.24) is 9.55 Å². The number of thioether (sulfide) groups is 2. The molecule has 130 valence electrons. The van der Waals surface area contributed by atoms with Crippen LogP contribution in [-0.4, -0.2) is 33.0 Å². The third-order valence-electron chi connectivity index (χ3n) is 4.59. The molecule has 3 heterocycles. The van der Waals surface area contributed by atoms with Crippen LogP contribution in [-0.2, 0) is 24.7 Å². The zero-order valence-corrected chi connectivity index (χ0v) is 15.8. The van der Waals surface area contributed by atoms with E-state index in [1.807, 2.05) is 23.1 Å². The Morgan fingerprint density at radius 3 is 3.04 bits per heavy atom. The number of fused-ring (bicyclic) bond motifs is 2. The number of aromatic nitrogens is 2. The van der Waals surface area contributed by atoms with E-state index < -0.39 is 0 Å². The van der Waals surface area contributed by atoms with E-state index in [1.54, 1.807) is 23.4 Å². The summed E-state index contributed by atoms with van der Waals surface area (Å²) in [6.45, 7) is 2.83. The average molecular weight is 374 g/mol. The lowest BCUT2D eigenvalue weighted by molar-refractivity contribution is -0.116. The van der Waals surface area contributed by atoms with Crippen molar-refractivity contribution in [2.75, 3.05) is 17.2 Å². The van der Waals surface area contributed by atoms with Gasteiger partial charge in [0.2, 0.25) is 5.91 Å². The van der Waals surface area contributed by atoms with Gasteiger partial charge in [-0.1, -0.05) is 36.9 Å². The molecule has 0 aliphatic carbocycles. The first kappa shape index (κ1) is 16.7. The molecule has 7 heteroatoms. The van der Waals surface area contributed by atoms with Gasteiger partial charge >= 0.3 is 0 Å². The highest BCUT2D eigenvalue weighted by Crippen LogP contribution is 2.34. The highest BCUT2D eigenvalue weighted by atomic mass is 32.2. The van der Waals surface area contributed by atoms with E-state index >= 15 is 0 Å². The van der Waals surface area contributed by atoms with Gasteiger partial charge in [0.05, 0.1) is 16.3 Å². The second-order valence-corrected chi connectivity index (χ2v) is 8.77. The Morgan fingerprint density at radius 1 is 1.40 bits per heavy atom. The maximum Gasteiger partial charge on any atom is 0.267 e. The van der Waals surface area contributed by atoms with E-state index in [0.29, 0.717) is 10.4 Å². The van der Waals surface area contributed by atoms with Crippen molar-refractivity contribution in [3.8, 4) is 0 Å². The van der Waals surface area contributed by atoms with Gasteiger partial charge in [-0.3, -0.25) is 14.2 Å². The number of para-hydroxylation sites is 1. The first-order valence-electron chi connectivity index (χ1n) is 8.32. The zero-order chi connectivity index (χ0) is 17.6. The van der Waals surface area contributed by atoms with Crippen LogP contribution in [0.2, 0.25) is 0 Å². The largest absolute Gasteiger partial charge is 0.311 e. The second kappa shape index (κ2) is 6.53. The Balaban J connectivity index is 1.51. The number of amides is 1. The highest BCUT2D eigenvalue weighted by Gasteiger charge is 2.27. The van der Waals surface area contributed by atoms with Gasteiger partial charge in [-0.2, -0.15) is 0 Å². The summed E-state index contributed by atoms with van der Waals surface area (Å²) in [4.78, 5) is 32.4. The molecule has 4 rings (SSSR count). The lowest BCUT2D eigenvalue weighted by Gasteiger charge is -2.17. The number of hydrogen-bond acceptors (Lipinski definition) is 5. The normalized spacial score (nSPS) is 18.3. The fraction of sp³-hybridized carbons (Fsp3) is 0.389. The Morgan fingerprint density at radius 2 is 2.20 bits per heavy atom. The fourth-order valence-corrected chi connectivity index (χ4v) is 5.31. The number of benzene rings is 1. The topological polar surface area (TPSA) is 55.2 Å². The number of carbonyl (C=O) groups is 1. The summed E-state index contributed by atoms with van der Waals surface area (Å²) in [6.07, 6.45) is 1.72. The molecule has 0 bridgehead atoms. The number of hydrogen-bond donors (Lipinski definition) is 0. The molecule has 2 aromatic rings. The minimum absolute atomic E-state index is 0.000757. The lowest BCUT2D eigenvalue weighted by atomic mass is 10.2. The van der Waals surface area contributed by atoms with E-state index in [0.717, 1.165) is 35.7 Å². The maximum absolute atomic E-state index is 12.6. The van der Waals surface area contributed by atoms with Crippen LogP contribution < -0.4 is 10.5 Å². The number of rotatable bonds is 3. The highest BCUT2D eigenvalue weighted by molar-refractivity contribution is 8.00. The molecule has 0 fully saturated rings. The van der Waals surface area contributed by atoms with Crippen LogP contribution in [0.3, 0.4) is 0 Å². The monoisotopic (exact) mass is 373 g/mol. The van der Waals surface area contributed by atoms with Crippen molar-refractivity contribution in [1.29, 1.82) is 0 Å². The van der Waals surface area contributed by atoms with Crippen molar-refractivity contribution in [3.05, 3.63) is 45.9 Å². The number of nitrogens with zero attached hydrogens (tertiary/aromatic N) is 3. The summed E-state index contributed by atoms with van der Waals surface area (Å²) in [6, 6.07) is 8.03. The molecular weight excluding hydrogens is 354 g/mol. The minimum atomic E-state index is 0.000757. The van der Waals surface area contributed by atoms with E-state index in [4.69, 9.17) is 0 Å². The van der Waals surface area contributed by atoms with Crippen LogP contribution in [0.25, 0.3) is 0 Å². The summed E-state index contributed by atoms with van der Waals surface area (Å²) in [5, 5.41) is 1.01. The molecule has 0 saturated heterocycles. The zero-order valence-electron chi connectivity index (χ0n) is 14.2. The molecule has 0 N–H and O–H groups in total. The average Bonchev–Trinajstić information content (AvgIpc) is 3.19. The summed E-state index contributed by atoms with van der Waals surface area (Å²) in [5.74, 6) is 0.350. The van der Waals surface area contributed by atoms with Crippen LogP contribution in [0, 0.1) is 0 Å². The van der Waals surface area contributed by atoms with E-state index in [9.17, 15) is 9.59 Å². The van der Waals surface area contributed by atoms with Gasteiger partial charge in [-0.05, 0) is 18.1 Å². The predicted molar refractivity (Wildman–Crippen MR) is 102 cm³/mol. The summed E-state index contributed by atoms with van der Waals surface area (Å²) < 4.78 is 1.57. The molecule has 0 spiro atoms. The molecule has 1 aromatic heterocycles. The fourth-order valence-electron chi connectivity index (χ4n) is 3.31. The predicted octanol–water partition coefficient (Wildman–Crippen LogP) is 2.50. The third kappa shape index (κ3) is 3.00. The van der Waals surface area contributed by atoms with Crippen molar-refractivity contribution in [2.45, 2.75) is 35.1 Å². The van der Waals surface area contributed by atoms with E-state index in [2.05, 4.69) is 18.0 Å². The standard InChI is InChI=1S/C18H19N3O2S2/c1-11-9-13-16(25-11)17(23)20(2)18(19-13)24-10-15(22)21-8-7-12-5-3-4-6-14(12)21/h3-6,11H,7-10H2,1-2H3/t11-/m0/s1. The van der Waals surface area contributed by atoms with Gasteiger partial charge < -0.3 is 4.90 Å². The molecule has 0 radical (unpaired) electrons. The molecule has 5 nitrogen and oxygen atoms in total. The van der Waals surface area contributed by atoms with Crippen molar-refractivity contribution in [3.63, 3.8) is 0 Å². The van der Waals surface area contributed by atoms with E-state index in [1.165, 1.54) is 17.3 Å². The van der Waals surface area contributed by atoms with Crippen LogP contribution >= 0.6 is 23.5 Å². The van der Waals surface area contributed by atoms with Gasteiger partial charge in [0, 0.05) is 31.0 Å². The van der Waals surface area contributed by atoms with Crippen LogP contribution in [0.5, 0.6) is 0 Å². The van der Waals surface area contributed by atoms with Gasteiger partial charge in [0.15, 0.2) is 5.16 Å². The molecule has 1 aromatic carbocycles. The van der Waals surface area contributed by atoms with Crippen molar-refractivity contribution in [2.24, 2.45) is 7.05 Å². The Hall–Kier alpha value is -1.73. The quantitative estimate of drug-likeness (QED) is 0.611. The smallest absolute Gasteiger partial charge is 0.267 e. The third-order valence-corrected chi connectivity index (χ3v) is 6.82. The maximum atomic E-state index is 12.6. The molecule has 0 saturated carbocycles. The minimum Gasteiger partial charge on any atom is -0.311 e. The number of anilines is 1. The molecule has 2 aliphatic heterocycles. The molecular formula is C18H19N3O2S2. The van der Waals surface area contributed by atoms with Gasteiger partial charge in [0.1, 0.15) is 0 Å². The molecule has 0 unspecified atom stereocenters. The van der Waals surface area contributed by atoms with Crippen molar-refractivity contribution >= 4 is 35.1 Å². The van der Waals surface area contributed by atoms with Crippen LogP contribution in [0.1, 0.15) is 18.2 Å². The van der Waals surface area contributed by atoms with Crippen LogP contribution in [0.4, 0.5) is 5.69 Å². The molecule has 1 amide bonds. The lowest BCUT2D eigenvalue weighted by Crippen LogP contribution is -2.31. The summed E-state index contributed by atoms with van der Waals surface area (Å²) >= 11 is 2.95. The van der Waals surface area contributed by atoms with Gasteiger partial charge in [-0.25, -0.2) is 4.98 Å². The first-order valence-corrected chi connectivity index (χ1v) is 10.2. The Labute approximate surface area is 154 Å².